The van der Waals surface area contributed by atoms with Gasteiger partial charge >= 0.3 is 0 Å². The highest BCUT2D eigenvalue weighted by atomic mass is 79.9. The summed E-state index contributed by atoms with van der Waals surface area (Å²) in [5.74, 6) is 0.647. The van der Waals surface area contributed by atoms with Gasteiger partial charge in [-0.1, -0.05) is 46.7 Å². The molecule has 0 aromatic heterocycles. The number of rotatable bonds is 8. The van der Waals surface area contributed by atoms with Crippen LogP contribution in [0.5, 0.6) is 0 Å². The largest absolute Gasteiger partial charge is 0.122 e. The molecule has 0 aliphatic carbocycles. The summed E-state index contributed by atoms with van der Waals surface area (Å²) in [5, 5.41) is 0.978. The summed E-state index contributed by atoms with van der Waals surface area (Å²) in [4.78, 5) is 0. The summed E-state index contributed by atoms with van der Waals surface area (Å²) >= 11 is 8.85. The van der Waals surface area contributed by atoms with Crippen LogP contribution >= 0.6 is 27.5 Å². The number of allylic oxidation sites excluding steroid dienone is 4. The molecule has 0 radical (unpaired) electrons. The van der Waals surface area contributed by atoms with Crippen LogP contribution in [-0.4, -0.2) is 11.2 Å². The zero-order valence-corrected chi connectivity index (χ0v) is 10.4. The SMILES string of the molecule is ClCC=CCCCCCC=CCBr. The first kappa shape index (κ1) is 13.2. The molecule has 0 atom stereocenters. The van der Waals surface area contributed by atoms with Gasteiger partial charge in [-0.25, -0.2) is 0 Å². The van der Waals surface area contributed by atoms with Crippen molar-refractivity contribution < 1.29 is 0 Å². The van der Waals surface area contributed by atoms with Crippen LogP contribution in [0, 0.1) is 0 Å². The third-order valence-electron chi connectivity index (χ3n) is 1.75. The molecular weight excluding hydrogens is 247 g/mol. The van der Waals surface area contributed by atoms with Crippen LogP contribution in [0.15, 0.2) is 24.3 Å². The third kappa shape index (κ3) is 12.2. The Morgan fingerprint density at radius 3 is 2.00 bits per heavy atom. The molecule has 0 rings (SSSR count). The first-order valence-electron chi connectivity index (χ1n) is 4.83. The van der Waals surface area contributed by atoms with Crippen LogP contribution < -0.4 is 0 Å². The predicted molar refractivity (Wildman–Crippen MR) is 65.9 cm³/mol. The van der Waals surface area contributed by atoms with E-state index in [1.165, 1.54) is 32.1 Å². The molecule has 0 spiro atoms. The number of unbranched alkanes of at least 4 members (excludes halogenated alkanes) is 4. The van der Waals surface area contributed by atoms with Crippen LogP contribution in [0.4, 0.5) is 0 Å². The van der Waals surface area contributed by atoms with E-state index in [0.717, 1.165) is 5.33 Å². The van der Waals surface area contributed by atoms with Gasteiger partial charge in [0.15, 0.2) is 0 Å². The van der Waals surface area contributed by atoms with Gasteiger partial charge in [-0.2, -0.15) is 0 Å². The van der Waals surface area contributed by atoms with Crippen molar-refractivity contribution in [2.45, 2.75) is 32.1 Å². The highest BCUT2D eigenvalue weighted by Gasteiger charge is 1.85. The Morgan fingerprint density at radius 2 is 1.46 bits per heavy atom. The number of halogens is 2. The second-order valence-electron chi connectivity index (χ2n) is 2.89. The molecule has 0 aliphatic rings. The van der Waals surface area contributed by atoms with Gasteiger partial charge in [0, 0.05) is 11.2 Å². The van der Waals surface area contributed by atoms with E-state index in [9.17, 15) is 0 Å². The second-order valence-corrected chi connectivity index (χ2v) is 3.85. The van der Waals surface area contributed by atoms with Gasteiger partial charge in [-0.3, -0.25) is 0 Å². The standard InChI is InChI=1S/C11H18BrCl/c12-10-8-6-4-2-1-3-5-7-9-11-13/h6-9H,1-5,10-11H2. The van der Waals surface area contributed by atoms with Crippen LogP contribution in [0.25, 0.3) is 0 Å². The Bertz CT molecular complexity index is 125. The molecule has 2 heteroatoms. The van der Waals surface area contributed by atoms with Gasteiger partial charge in [0.05, 0.1) is 0 Å². The summed E-state index contributed by atoms with van der Waals surface area (Å²) < 4.78 is 0. The zero-order chi connectivity index (χ0) is 9.78. The fraction of sp³-hybridized carbons (Fsp3) is 0.636. The lowest BCUT2D eigenvalue weighted by atomic mass is 10.1. The molecular formula is C11H18BrCl. The first-order chi connectivity index (χ1) is 6.41. The average Bonchev–Trinajstić information content (AvgIpc) is 2.16. The average molecular weight is 266 g/mol. The van der Waals surface area contributed by atoms with Crippen molar-refractivity contribution in [1.29, 1.82) is 0 Å². The van der Waals surface area contributed by atoms with Gasteiger partial charge in [0.25, 0.3) is 0 Å². The Hall–Kier alpha value is 0.250. The Morgan fingerprint density at radius 1 is 0.846 bits per heavy atom. The van der Waals surface area contributed by atoms with Crippen LogP contribution in [0.2, 0.25) is 0 Å². The lowest BCUT2D eigenvalue weighted by Crippen LogP contribution is -1.75. The lowest BCUT2D eigenvalue weighted by Gasteiger charge is -1.94. The normalized spacial score (nSPS) is 11.8. The van der Waals surface area contributed by atoms with Gasteiger partial charge < -0.3 is 0 Å². The molecule has 0 bridgehead atoms. The van der Waals surface area contributed by atoms with Crippen molar-refractivity contribution in [1.82, 2.24) is 0 Å². The minimum absolute atomic E-state index is 0.647. The molecule has 0 amide bonds. The predicted octanol–water partition coefficient (Wildman–Crippen LogP) is 4.68. The third-order valence-corrected chi connectivity index (χ3v) is 2.31. The summed E-state index contributed by atoms with van der Waals surface area (Å²) in [5.41, 5.74) is 0. The fourth-order valence-electron chi connectivity index (χ4n) is 1.06. The van der Waals surface area contributed by atoms with Gasteiger partial charge in [-0.05, 0) is 25.7 Å². The molecule has 0 fully saturated rings. The summed E-state index contributed by atoms with van der Waals surface area (Å²) in [7, 11) is 0. The van der Waals surface area contributed by atoms with E-state index in [1.807, 2.05) is 6.08 Å². The first-order valence-corrected chi connectivity index (χ1v) is 6.49. The maximum absolute atomic E-state index is 5.50. The molecule has 76 valence electrons. The molecule has 0 saturated carbocycles. The van der Waals surface area contributed by atoms with Crippen LogP contribution in [-0.2, 0) is 0 Å². The van der Waals surface area contributed by atoms with E-state index in [-0.39, 0.29) is 0 Å². The minimum Gasteiger partial charge on any atom is -0.122 e. The molecule has 13 heavy (non-hydrogen) atoms. The molecule has 0 nitrogen and oxygen atoms in total. The van der Waals surface area contributed by atoms with Crippen molar-refractivity contribution in [3.63, 3.8) is 0 Å². The van der Waals surface area contributed by atoms with Gasteiger partial charge in [0.2, 0.25) is 0 Å². The van der Waals surface area contributed by atoms with Gasteiger partial charge in [-0.15, -0.1) is 11.6 Å². The quantitative estimate of drug-likeness (QED) is 0.339. The zero-order valence-electron chi connectivity index (χ0n) is 8.02. The summed E-state index contributed by atoms with van der Waals surface area (Å²) in [6, 6.07) is 0. The van der Waals surface area contributed by atoms with E-state index in [4.69, 9.17) is 11.6 Å². The molecule has 0 heterocycles. The highest BCUT2D eigenvalue weighted by Crippen LogP contribution is 2.04. The lowest BCUT2D eigenvalue weighted by molar-refractivity contribution is 0.696. The Kier molecular flexibility index (Phi) is 12.5. The van der Waals surface area contributed by atoms with Gasteiger partial charge in [0.1, 0.15) is 0 Å². The smallest absolute Gasteiger partial charge is 0.0404 e. The maximum atomic E-state index is 5.50. The van der Waals surface area contributed by atoms with E-state index >= 15 is 0 Å². The molecule has 0 aromatic carbocycles. The van der Waals surface area contributed by atoms with Crippen molar-refractivity contribution in [2.75, 3.05) is 11.2 Å². The fourth-order valence-corrected chi connectivity index (χ4v) is 1.45. The number of alkyl halides is 2. The minimum atomic E-state index is 0.647. The van der Waals surface area contributed by atoms with Crippen LogP contribution in [0.1, 0.15) is 32.1 Å². The summed E-state index contributed by atoms with van der Waals surface area (Å²) in [6.07, 6.45) is 14.9. The Labute approximate surface area is 95.2 Å². The van der Waals surface area contributed by atoms with Crippen molar-refractivity contribution in [3.8, 4) is 0 Å². The molecule has 0 saturated heterocycles. The van der Waals surface area contributed by atoms with E-state index < -0.39 is 0 Å². The van der Waals surface area contributed by atoms with Crippen LogP contribution in [0.3, 0.4) is 0 Å². The van der Waals surface area contributed by atoms with E-state index in [2.05, 4.69) is 34.2 Å². The number of hydrogen-bond acceptors (Lipinski definition) is 0. The highest BCUT2D eigenvalue weighted by molar-refractivity contribution is 9.09. The maximum Gasteiger partial charge on any atom is 0.0404 e. The monoisotopic (exact) mass is 264 g/mol. The topological polar surface area (TPSA) is 0 Å². The van der Waals surface area contributed by atoms with E-state index in [1.54, 1.807) is 0 Å². The molecule has 0 N–H and O–H groups in total. The van der Waals surface area contributed by atoms with Crippen molar-refractivity contribution >= 4 is 27.5 Å². The van der Waals surface area contributed by atoms with Crippen molar-refractivity contribution in [3.05, 3.63) is 24.3 Å². The second kappa shape index (κ2) is 12.2. The summed E-state index contributed by atoms with van der Waals surface area (Å²) in [6.45, 7) is 0. The molecule has 0 aliphatic heterocycles. The van der Waals surface area contributed by atoms with Crippen molar-refractivity contribution in [2.24, 2.45) is 0 Å². The molecule has 0 aromatic rings. The number of hydrogen-bond donors (Lipinski definition) is 0. The van der Waals surface area contributed by atoms with E-state index in [0.29, 0.717) is 5.88 Å². The Balaban J connectivity index is 2.99. The molecule has 0 unspecified atom stereocenters.